The molecule has 246 valence electrons. The summed E-state index contributed by atoms with van der Waals surface area (Å²) < 4.78 is 0. The Labute approximate surface area is 297 Å². The Bertz CT molecular complexity index is 2260. The Balaban J connectivity index is 1.19. The first kappa shape index (κ1) is 31.7. The van der Waals surface area contributed by atoms with Gasteiger partial charge in [-0.2, -0.15) is 0 Å². The summed E-state index contributed by atoms with van der Waals surface area (Å²) in [6, 6.07) is 61.7. The van der Waals surface area contributed by atoms with Gasteiger partial charge in [-0.25, -0.2) is 0 Å². The second-order valence-corrected chi connectivity index (χ2v) is 14.9. The molecule has 50 heavy (non-hydrogen) atoms. The normalized spacial score (nSPS) is 14.6. The van der Waals surface area contributed by atoms with E-state index in [0.717, 1.165) is 28.4 Å². The molecule has 0 atom stereocenters. The number of anilines is 6. The van der Waals surface area contributed by atoms with E-state index in [1.165, 1.54) is 51.6 Å². The van der Waals surface area contributed by atoms with Gasteiger partial charge in [0.15, 0.2) is 0 Å². The molecule has 0 amide bonds. The van der Waals surface area contributed by atoms with Crippen molar-refractivity contribution in [2.24, 2.45) is 0 Å². The predicted octanol–water partition coefficient (Wildman–Crippen LogP) is 13.8. The SMILES string of the molecule is CC1(C)CCC(C)(C)c2cc(N(c3ccccc3)c3ccc(-c4cccc(N(c5ccccc5)c5cccc6ccccc56)c4)cc3)ccc21. The Morgan fingerprint density at radius 3 is 1.62 bits per heavy atom. The molecule has 0 fully saturated rings. The van der Waals surface area contributed by atoms with Crippen LogP contribution in [0.15, 0.2) is 170 Å². The van der Waals surface area contributed by atoms with Crippen molar-refractivity contribution in [3.8, 4) is 11.1 Å². The smallest absolute Gasteiger partial charge is 0.0540 e. The molecule has 1 aliphatic rings. The third-order valence-electron chi connectivity index (χ3n) is 10.7. The molecule has 1 aliphatic carbocycles. The summed E-state index contributed by atoms with van der Waals surface area (Å²) in [7, 11) is 0. The lowest BCUT2D eigenvalue weighted by Crippen LogP contribution is -2.34. The van der Waals surface area contributed by atoms with E-state index in [1.54, 1.807) is 0 Å². The monoisotopic (exact) mass is 648 g/mol. The Morgan fingerprint density at radius 2 is 0.900 bits per heavy atom. The first-order chi connectivity index (χ1) is 24.3. The number of nitrogens with zero attached hydrogens (tertiary/aromatic N) is 2. The van der Waals surface area contributed by atoms with Gasteiger partial charge in [-0.1, -0.05) is 131 Å². The van der Waals surface area contributed by atoms with Crippen LogP contribution in [-0.4, -0.2) is 0 Å². The molecule has 8 rings (SSSR count). The van der Waals surface area contributed by atoms with Crippen LogP contribution in [0.2, 0.25) is 0 Å². The van der Waals surface area contributed by atoms with Gasteiger partial charge >= 0.3 is 0 Å². The molecule has 2 heteroatoms. The van der Waals surface area contributed by atoms with E-state index in [-0.39, 0.29) is 10.8 Å². The molecule has 0 saturated carbocycles. The van der Waals surface area contributed by atoms with Crippen molar-refractivity contribution in [1.82, 2.24) is 0 Å². The minimum absolute atomic E-state index is 0.137. The fourth-order valence-corrected chi connectivity index (χ4v) is 7.78. The summed E-state index contributed by atoms with van der Waals surface area (Å²) in [5.74, 6) is 0. The lowest BCUT2D eigenvalue weighted by Gasteiger charge is -2.42. The lowest BCUT2D eigenvalue weighted by atomic mass is 9.63. The first-order valence-electron chi connectivity index (χ1n) is 17.8. The molecule has 0 radical (unpaired) electrons. The zero-order chi connectivity index (χ0) is 34.3. The van der Waals surface area contributed by atoms with E-state index in [1.807, 2.05) is 0 Å². The average Bonchev–Trinajstić information content (AvgIpc) is 3.15. The highest BCUT2D eigenvalue weighted by molar-refractivity contribution is 5.99. The zero-order valence-electron chi connectivity index (χ0n) is 29.5. The van der Waals surface area contributed by atoms with Crippen LogP contribution in [0.4, 0.5) is 34.1 Å². The second kappa shape index (κ2) is 12.7. The highest BCUT2D eigenvalue weighted by atomic mass is 15.1. The topological polar surface area (TPSA) is 6.48 Å². The number of fused-ring (bicyclic) bond motifs is 2. The largest absolute Gasteiger partial charge is 0.310 e. The molecule has 0 saturated heterocycles. The Hall–Kier alpha value is -5.60. The lowest BCUT2D eigenvalue weighted by molar-refractivity contribution is 0.332. The van der Waals surface area contributed by atoms with Gasteiger partial charge in [0.2, 0.25) is 0 Å². The summed E-state index contributed by atoms with van der Waals surface area (Å²) in [4.78, 5) is 4.77. The number of benzene rings is 7. The minimum atomic E-state index is 0.137. The fraction of sp³-hybridized carbons (Fsp3) is 0.167. The first-order valence-corrected chi connectivity index (χ1v) is 17.8. The Kier molecular flexibility index (Phi) is 8.04. The van der Waals surface area contributed by atoms with Crippen molar-refractivity contribution >= 4 is 44.9 Å². The molecule has 7 aromatic carbocycles. The molecule has 2 nitrogen and oxygen atoms in total. The van der Waals surface area contributed by atoms with Crippen LogP contribution in [0, 0.1) is 0 Å². The summed E-state index contributed by atoms with van der Waals surface area (Å²) >= 11 is 0. The maximum Gasteiger partial charge on any atom is 0.0540 e. The van der Waals surface area contributed by atoms with Gasteiger partial charge in [0.25, 0.3) is 0 Å². The fourth-order valence-electron chi connectivity index (χ4n) is 7.78. The van der Waals surface area contributed by atoms with Gasteiger partial charge in [0, 0.05) is 33.8 Å². The summed E-state index contributed by atoms with van der Waals surface area (Å²) in [5, 5.41) is 2.45. The predicted molar refractivity (Wildman–Crippen MR) is 214 cm³/mol. The van der Waals surface area contributed by atoms with Crippen LogP contribution in [0.3, 0.4) is 0 Å². The molecular weight excluding hydrogens is 605 g/mol. The van der Waals surface area contributed by atoms with Crippen molar-refractivity contribution in [2.75, 3.05) is 9.80 Å². The van der Waals surface area contributed by atoms with Crippen molar-refractivity contribution in [2.45, 2.75) is 51.4 Å². The molecule has 0 N–H and O–H groups in total. The Morgan fingerprint density at radius 1 is 0.380 bits per heavy atom. The third-order valence-corrected chi connectivity index (χ3v) is 10.7. The van der Waals surface area contributed by atoms with Crippen LogP contribution < -0.4 is 9.80 Å². The van der Waals surface area contributed by atoms with Gasteiger partial charge in [0.1, 0.15) is 0 Å². The van der Waals surface area contributed by atoms with Crippen molar-refractivity contribution in [1.29, 1.82) is 0 Å². The van der Waals surface area contributed by atoms with Gasteiger partial charge in [0.05, 0.1) is 5.69 Å². The van der Waals surface area contributed by atoms with E-state index in [0.29, 0.717) is 0 Å². The molecule has 0 spiro atoms. The van der Waals surface area contributed by atoms with E-state index in [2.05, 4.69) is 207 Å². The van der Waals surface area contributed by atoms with E-state index >= 15 is 0 Å². The van der Waals surface area contributed by atoms with E-state index < -0.39 is 0 Å². The molecule has 0 aliphatic heterocycles. The second-order valence-electron chi connectivity index (χ2n) is 14.9. The molecule has 0 heterocycles. The van der Waals surface area contributed by atoms with Crippen LogP contribution in [0.25, 0.3) is 21.9 Å². The molecule has 0 bridgehead atoms. The average molecular weight is 649 g/mol. The van der Waals surface area contributed by atoms with Crippen LogP contribution in [0.5, 0.6) is 0 Å². The van der Waals surface area contributed by atoms with Crippen LogP contribution in [-0.2, 0) is 10.8 Å². The maximum atomic E-state index is 2.45. The quantitative estimate of drug-likeness (QED) is 0.170. The van der Waals surface area contributed by atoms with Gasteiger partial charge in [-0.15, -0.1) is 0 Å². The van der Waals surface area contributed by atoms with Gasteiger partial charge < -0.3 is 9.80 Å². The van der Waals surface area contributed by atoms with E-state index in [9.17, 15) is 0 Å². The summed E-state index contributed by atoms with van der Waals surface area (Å²) in [5.41, 5.74) is 12.5. The molecule has 0 unspecified atom stereocenters. The standard InChI is InChI=1S/C48H44N2/c1-47(2)31-32-48(3,4)45-34-42(29-30-44(45)47)49(38-18-7-5-8-19-38)40-27-25-35(26-28-40)37-17-13-22-41(33-37)50(39-20-9-6-10-21-39)46-24-14-16-36-15-11-12-23-43(36)46/h5-30,33-34H,31-32H2,1-4H3. The number of hydrogen-bond acceptors (Lipinski definition) is 2. The van der Waals surface area contributed by atoms with Crippen LogP contribution >= 0.6 is 0 Å². The van der Waals surface area contributed by atoms with Crippen molar-refractivity contribution < 1.29 is 0 Å². The highest BCUT2D eigenvalue weighted by Gasteiger charge is 2.37. The maximum absolute atomic E-state index is 2.45. The highest BCUT2D eigenvalue weighted by Crippen LogP contribution is 2.48. The van der Waals surface area contributed by atoms with Gasteiger partial charge in [-0.05, 0) is 118 Å². The summed E-state index contributed by atoms with van der Waals surface area (Å²) in [6.45, 7) is 9.59. The van der Waals surface area contributed by atoms with Gasteiger partial charge in [-0.3, -0.25) is 0 Å². The number of para-hydroxylation sites is 2. The minimum Gasteiger partial charge on any atom is -0.310 e. The van der Waals surface area contributed by atoms with Crippen molar-refractivity contribution in [3.05, 3.63) is 181 Å². The molecule has 7 aromatic rings. The summed E-state index contributed by atoms with van der Waals surface area (Å²) in [6.07, 6.45) is 2.40. The zero-order valence-corrected chi connectivity index (χ0v) is 29.5. The number of rotatable bonds is 7. The van der Waals surface area contributed by atoms with Crippen LogP contribution in [0.1, 0.15) is 51.7 Å². The number of hydrogen-bond donors (Lipinski definition) is 0. The third kappa shape index (κ3) is 5.86. The van der Waals surface area contributed by atoms with Crippen molar-refractivity contribution in [3.63, 3.8) is 0 Å². The van der Waals surface area contributed by atoms with E-state index in [4.69, 9.17) is 0 Å². The molecular formula is C48H44N2. The molecule has 0 aromatic heterocycles.